The van der Waals surface area contributed by atoms with Crippen molar-refractivity contribution in [2.45, 2.75) is 12.5 Å². The normalized spacial score (nSPS) is 21.2. The van der Waals surface area contributed by atoms with Crippen LogP contribution in [0.25, 0.3) is 0 Å². The Balaban J connectivity index is 2.35. The van der Waals surface area contributed by atoms with Crippen LogP contribution >= 0.6 is 0 Å². The first kappa shape index (κ1) is 14.9. The number of carbonyl (C=O) groups excluding carboxylic acids is 2. The van der Waals surface area contributed by atoms with Gasteiger partial charge in [-0.1, -0.05) is 0 Å². The molecule has 7 nitrogen and oxygen atoms in total. The summed E-state index contributed by atoms with van der Waals surface area (Å²) in [6, 6.07) is 0. The topological polar surface area (TPSA) is 99.1 Å². The van der Waals surface area contributed by atoms with Crippen LogP contribution in [0.1, 0.15) is 6.42 Å². The van der Waals surface area contributed by atoms with Crippen LogP contribution in [0, 0.1) is 5.92 Å². The maximum absolute atomic E-state index is 11.7. The minimum absolute atomic E-state index is 0.00189. The van der Waals surface area contributed by atoms with Crippen molar-refractivity contribution in [2.24, 2.45) is 5.92 Å². The van der Waals surface area contributed by atoms with E-state index >= 15 is 0 Å². The van der Waals surface area contributed by atoms with Crippen LogP contribution in [-0.4, -0.2) is 73.0 Å². The van der Waals surface area contributed by atoms with Crippen molar-refractivity contribution in [1.29, 1.82) is 0 Å². The van der Waals surface area contributed by atoms with Gasteiger partial charge in [0.25, 0.3) is 0 Å². The van der Waals surface area contributed by atoms with Gasteiger partial charge in [0.05, 0.1) is 25.2 Å². The van der Waals surface area contributed by atoms with Gasteiger partial charge in [-0.05, 0) is 0 Å². The zero-order chi connectivity index (χ0) is 13.5. The first-order valence-corrected chi connectivity index (χ1v) is 5.91. The molecule has 0 saturated carbocycles. The summed E-state index contributed by atoms with van der Waals surface area (Å²) < 4.78 is 4.89. The molecule has 1 saturated heterocycles. The van der Waals surface area contributed by atoms with Gasteiger partial charge >= 0.3 is 0 Å². The highest BCUT2D eigenvalue weighted by atomic mass is 16.5. The number of likely N-dealkylation sites (tertiary alicyclic amines) is 1. The monoisotopic (exact) mass is 260 g/mol. The van der Waals surface area contributed by atoms with Crippen molar-refractivity contribution in [3.8, 4) is 0 Å². The molecule has 0 aromatic heterocycles. The Labute approximate surface area is 106 Å². The number of nitrogens with one attached hydrogen (secondary N) is 1. The lowest BCUT2D eigenvalue weighted by molar-refractivity contribution is -0.129. The number of aliphatic hydroxyl groups is 2. The minimum atomic E-state index is -0.962. The second kappa shape index (κ2) is 7.30. The molecule has 2 atom stereocenters. The Kier molecular flexibility index (Phi) is 6.03. The minimum Gasteiger partial charge on any atom is -0.394 e. The number of amides is 2. The third-order valence-electron chi connectivity index (χ3n) is 2.87. The Hall–Kier alpha value is -1.18. The molecule has 2 unspecified atom stereocenters. The molecule has 1 fully saturated rings. The van der Waals surface area contributed by atoms with Gasteiger partial charge < -0.3 is 25.2 Å². The van der Waals surface area contributed by atoms with E-state index < -0.39 is 12.7 Å². The van der Waals surface area contributed by atoms with E-state index in [-0.39, 0.29) is 30.7 Å². The molecule has 3 N–H and O–H groups in total. The molecule has 1 heterocycles. The molecule has 18 heavy (non-hydrogen) atoms. The first-order chi connectivity index (χ1) is 8.58. The lowest BCUT2D eigenvalue weighted by Gasteiger charge is -2.16. The average Bonchev–Trinajstić information content (AvgIpc) is 2.74. The summed E-state index contributed by atoms with van der Waals surface area (Å²) in [4.78, 5) is 24.9. The maximum atomic E-state index is 11.7. The van der Waals surface area contributed by atoms with Crippen LogP contribution in [-0.2, 0) is 14.3 Å². The molecule has 0 spiro atoms. The van der Waals surface area contributed by atoms with E-state index in [4.69, 9.17) is 14.9 Å². The van der Waals surface area contributed by atoms with Gasteiger partial charge in [-0.3, -0.25) is 9.59 Å². The van der Waals surface area contributed by atoms with Crippen LogP contribution in [0.3, 0.4) is 0 Å². The molecule has 0 aromatic rings. The summed E-state index contributed by atoms with van der Waals surface area (Å²) >= 11 is 0. The Bertz CT molecular complexity index is 297. The molecular weight excluding hydrogens is 240 g/mol. The zero-order valence-corrected chi connectivity index (χ0v) is 10.5. The number of hydrogen-bond acceptors (Lipinski definition) is 5. The predicted octanol–water partition coefficient (Wildman–Crippen LogP) is -2.05. The summed E-state index contributed by atoms with van der Waals surface area (Å²) in [5, 5.41) is 20.2. The Morgan fingerprint density at radius 1 is 1.67 bits per heavy atom. The standard InChI is InChI=1S/C11H20N2O5/c1-18-3-2-13-6-8(4-10(13)16)11(17)12-5-9(15)7-14/h8-9,14-15H,2-7H2,1H3,(H,12,17). The van der Waals surface area contributed by atoms with Gasteiger partial charge in [0.1, 0.15) is 0 Å². The van der Waals surface area contributed by atoms with Crippen molar-refractivity contribution in [3.63, 3.8) is 0 Å². The Morgan fingerprint density at radius 2 is 2.39 bits per heavy atom. The second-order valence-electron chi connectivity index (χ2n) is 4.32. The lowest BCUT2D eigenvalue weighted by atomic mass is 10.1. The van der Waals surface area contributed by atoms with E-state index in [1.165, 1.54) is 0 Å². The van der Waals surface area contributed by atoms with Crippen molar-refractivity contribution in [2.75, 3.05) is 40.0 Å². The van der Waals surface area contributed by atoms with Crippen LogP contribution in [0.15, 0.2) is 0 Å². The molecular formula is C11H20N2O5. The number of nitrogens with zero attached hydrogens (tertiary/aromatic N) is 1. The van der Waals surface area contributed by atoms with Crippen LogP contribution < -0.4 is 5.32 Å². The summed E-state index contributed by atoms with van der Waals surface area (Å²) in [5.74, 6) is -0.717. The number of hydrogen-bond donors (Lipinski definition) is 3. The predicted molar refractivity (Wildman–Crippen MR) is 62.7 cm³/mol. The lowest BCUT2D eigenvalue weighted by Crippen LogP contribution is -2.38. The maximum Gasteiger partial charge on any atom is 0.225 e. The van der Waals surface area contributed by atoms with E-state index in [0.29, 0.717) is 19.7 Å². The number of rotatable bonds is 7. The smallest absolute Gasteiger partial charge is 0.225 e. The molecule has 0 aliphatic carbocycles. The van der Waals surface area contributed by atoms with Crippen LogP contribution in [0.2, 0.25) is 0 Å². The largest absolute Gasteiger partial charge is 0.394 e. The number of ether oxygens (including phenoxy) is 1. The fraction of sp³-hybridized carbons (Fsp3) is 0.818. The quantitative estimate of drug-likeness (QED) is 0.489. The molecule has 104 valence electrons. The summed E-state index contributed by atoms with van der Waals surface area (Å²) in [5.41, 5.74) is 0. The molecule has 1 aliphatic heterocycles. The first-order valence-electron chi connectivity index (χ1n) is 5.91. The Morgan fingerprint density at radius 3 is 3.00 bits per heavy atom. The van der Waals surface area contributed by atoms with Crippen molar-refractivity contribution < 1.29 is 24.5 Å². The van der Waals surface area contributed by atoms with E-state index in [1.807, 2.05) is 0 Å². The van der Waals surface area contributed by atoms with Gasteiger partial charge in [0.15, 0.2) is 0 Å². The van der Waals surface area contributed by atoms with E-state index in [9.17, 15) is 9.59 Å². The fourth-order valence-corrected chi connectivity index (χ4v) is 1.79. The van der Waals surface area contributed by atoms with Gasteiger partial charge in [0, 0.05) is 33.2 Å². The molecule has 7 heteroatoms. The van der Waals surface area contributed by atoms with Gasteiger partial charge in [-0.25, -0.2) is 0 Å². The van der Waals surface area contributed by atoms with Crippen molar-refractivity contribution in [1.82, 2.24) is 10.2 Å². The third-order valence-corrected chi connectivity index (χ3v) is 2.87. The molecule has 0 radical (unpaired) electrons. The average molecular weight is 260 g/mol. The number of aliphatic hydroxyl groups excluding tert-OH is 2. The summed E-state index contributed by atoms with van der Waals surface area (Å²) in [6.45, 7) is 0.910. The van der Waals surface area contributed by atoms with E-state index in [1.54, 1.807) is 12.0 Å². The highest BCUT2D eigenvalue weighted by Gasteiger charge is 2.33. The third kappa shape index (κ3) is 4.25. The van der Waals surface area contributed by atoms with E-state index in [0.717, 1.165) is 0 Å². The SMILES string of the molecule is COCCN1CC(C(=O)NCC(O)CO)CC1=O. The molecule has 0 aromatic carbocycles. The van der Waals surface area contributed by atoms with Crippen LogP contribution in [0.4, 0.5) is 0 Å². The van der Waals surface area contributed by atoms with Gasteiger partial charge in [-0.2, -0.15) is 0 Å². The summed E-state index contributed by atoms with van der Waals surface area (Å²) in [7, 11) is 1.56. The molecule has 2 amide bonds. The number of carbonyl (C=O) groups is 2. The van der Waals surface area contributed by atoms with E-state index in [2.05, 4.69) is 5.32 Å². The van der Waals surface area contributed by atoms with Gasteiger partial charge in [0.2, 0.25) is 11.8 Å². The van der Waals surface area contributed by atoms with Crippen molar-refractivity contribution in [3.05, 3.63) is 0 Å². The van der Waals surface area contributed by atoms with Gasteiger partial charge in [-0.15, -0.1) is 0 Å². The molecule has 0 bridgehead atoms. The number of methoxy groups -OCH3 is 1. The molecule has 1 rings (SSSR count). The van der Waals surface area contributed by atoms with Crippen molar-refractivity contribution >= 4 is 11.8 Å². The van der Waals surface area contributed by atoms with Crippen LogP contribution in [0.5, 0.6) is 0 Å². The highest BCUT2D eigenvalue weighted by Crippen LogP contribution is 2.17. The fourth-order valence-electron chi connectivity index (χ4n) is 1.79. The zero-order valence-electron chi connectivity index (χ0n) is 10.5. The molecule has 1 aliphatic rings. The second-order valence-corrected chi connectivity index (χ2v) is 4.32. The summed E-state index contributed by atoms with van der Waals surface area (Å²) in [6.07, 6.45) is -0.777. The highest BCUT2D eigenvalue weighted by molar-refractivity contribution is 5.89.